The van der Waals surface area contributed by atoms with Crippen molar-refractivity contribution in [1.82, 2.24) is 5.32 Å². The molecule has 1 aromatic rings. The number of para-hydroxylation sites is 1. The maximum absolute atomic E-state index is 12.0. The summed E-state index contributed by atoms with van der Waals surface area (Å²) in [6.07, 6.45) is 1.60. The lowest BCUT2D eigenvalue weighted by atomic mass is 10.1. The first-order valence-corrected chi connectivity index (χ1v) is 6.12. The van der Waals surface area contributed by atoms with Crippen LogP contribution in [0.4, 0.5) is 5.69 Å². The van der Waals surface area contributed by atoms with Gasteiger partial charge in [0.1, 0.15) is 0 Å². The first kappa shape index (κ1) is 16.4. The van der Waals surface area contributed by atoms with Crippen LogP contribution in [0.2, 0.25) is 0 Å². The van der Waals surface area contributed by atoms with E-state index in [-0.39, 0.29) is 11.5 Å². The van der Waals surface area contributed by atoms with Crippen LogP contribution in [-0.4, -0.2) is 43.2 Å². The fraction of sp³-hybridized carbons (Fsp3) is 0.214. The van der Waals surface area contributed by atoms with Crippen molar-refractivity contribution in [3.05, 3.63) is 42.0 Å². The number of rotatable bonds is 7. The van der Waals surface area contributed by atoms with Crippen molar-refractivity contribution in [1.29, 1.82) is 0 Å². The number of hydrogen-bond acceptors (Lipinski definition) is 4. The molecule has 0 aliphatic heterocycles. The van der Waals surface area contributed by atoms with Gasteiger partial charge in [-0.25, -0.2) is 4.79 Å². The predicted octanol–water partition coefficient (Wildman–Crippen LogP) is 0.642. The average Bonchev–Trinajstić information content (AvgIpc) is 2.46. The first-order chi connectivity index (χ1) is 10.0. The SMILES string of the molecule is COCCNC(=O)c1ccccc1NC(=O)/C=C/C(=O)O. The number of ether oxygens (including phenoxy) is 1. The molecule has 0 aliphatic carbocycles. The Morgan fingerprint density at radius 2 is 1.95 bits per heavy atom. The van der Waals surface area contributed by atoms with Crippen LogP contribution in [0.25, 0.3) is 0 Å². The van der Waals surface area contributed by atoms with E-state index in [4.69, 9.17) is 9.84 Å². The highest BCUT2D eigenvalue weighted by Gasteiger charge is 2.11. The number of aliphatic carboxylic acids is 1. The molecule has 21 heavy (non-hydrogen) atoms. The Balaban J connectivity index is 2.77. The van der Waals surface area contributed by atoms with Crippen LogP contribution < -0.4 is 10.6 Å². The lowest BCUT2D eigenvalue weighted by molar-refractivity contribution is -0.131. The summed E-state index contributed by atoms with van der Waals surface area (Å²) in [5.41, 5.74) is 0.582. The first-order valence-electron chi connectivity index (χ1n) is 6.12. The van der Waals surface area contributed by atoms with Crippen LogP contribution in [0.5, 0.6) is 0 Å². The highest BCUT2D eigenvalue weighted by molar-refractivity contribution is 6.07. The van der Waals surface area contributed by atoms with E-state index in [1.807, 2.05) is 0 Å². The molecule has 0 spiro atoms. The topological polar surface area (TPSA) is 105 Å². The smallest absolute Gasteiger partial charge is 0.328 e. The molecular formula is C14H16N2O5. The van der Waals surface area contributed by atoms with Crippen molar-refractivity contribution in [2.75, 3.05) is 25.6 Å². The Bertz CT molecular complexity index is 554. The summed E-state index contributed by atoms with van der Waals surface area (Å²) in [7, 11) is 1.52. The van der Waals surface area contributed by atoms with Gasteiger partial charge in [0.25, 0.3) is 5.91 Å². The van der Waals surface area contributed by atoms with Gasteiger partial charge in [0, 0.05) is 25.8 Å². The second kappa shape index (κ2) is 8.49. The van der Waals surface area contributed by atoms with E-state index < -0.39 is 11.9 Å². The minimum Gasteiger partial charge on any atom is -0.478 e. The molecule has 0 unspecified atom stereocenters. The molecule has 2 amide bonds. The largest absolute Gasteiger partial charge is 0.478 e. The van der Waals surface area contributed by atoms with Gasteiger partial charge in [-0.1, -0.05) is 12.1 Å². The van der Waals surface area contributed by atoms with Gasteiger partial charge in [-0.15, -0.1) is 0 Å². The van der Waals surface area contributed by atoms with Crippen molar-refractivity contribution in [3.8, 4) is 0 Å². The highest BCUT2D eigenvalue weighted by atomic mass is 16.5. The molecule has 0 radical (unpaired) electrons. The minimum absolute atomic E-state index is 0.283. The number of carbonyl (C=O) groups excluding carboxylic acids is 2. The quantitative estimate of drug-likeness (QED) is 0.505. The number of benzene rings is 1. The second-order valence-corrected chi connectivity index (χ2v) is 3.96. The van der Waals surface area contributed by atoms with Gasteiger partial charge in [0.05, 0.1) is 17.9 Å². The van der Waals surface area contributed by atoms with E-state index >= 15 is 0 Å². The van der Waals surface area contributed by atoms with Crippen LogP contribution in [0, 0.1) is 0 Å². The third-order valence-corrected chi connectivity index (χ3v) is 2.40. The third-order valence-electron chi connectivity index (χ3n) is 2.40. The van der Waals surface area contributed by atoms with Crippen LogP contribution in [0.1, 0.15) is 10.4 Å². The van der Waals surface area contributed by atoms with E-state index in [9.17, 15) is 14.4 Å². The summed E-state index contributed by atoms with van der Waals surface area (Å²) < 4.78 is 4.83. The molecule has 1 aromatic carbocycles. The zero-order valence-corrected chi connectivity index (χ0v) is 11.5. The summed E-state index contributed by atoms with van der Waals surface area (Å²) in [4.78, 5) is 33.8. The van der Waals surface area contributed by atoms with E-state index in [0.29, 0.717) is 18.8 Å². The minimum atomic E-state index is -1.23. The molecule has 0 bridgehead atoms. The zero-order chi connectivity index (χ0) is 15.7. The Labute approximate surface area is 121 Å². The Morgan fingerprint density at radius 1 is 1.24 bits per heavy atom. The molecule has 1 rings (SSSR count). The normalized spacial score (nSPS) is 10.3. The predicted molar refractivity (Wildman–Crippen MR) is 76.1 cm³/mol. The van der Waals surface area contributed by atoms with Crippen molar-refractivity contribution in [2.24, 2.45) is 0 Å². The maximum atomic E-state index is 12.0. The maximum Gasteiger partial charge on any atom is 0.328 e. The Hall–Kier alpha value is -2.67. The van der Waals surface area contributed by atoms with Gasteiger partial charge < -0.3 is 20.5 Å². The molecule has 0 fully saturated rings. The second-order valence-electron chi connectivity index (χ2n) is 3.96. The Morgan fingerprint density at radius 3 is 2.62 bits per heavy atom. The number of nitrogens with one attached hydrogen (secondary N) is 2. The third kappa shape index (κ3) is 5.87. The van der Waals surface area contributed by atoms with Crippen molar-refractivity contribution >= 4 is 23.5 Å². The molecule has 0 atom stereocenters. The van der Waals surface area contributed by atoms with Gasteiger partial charge in [0.15, 0.2) is 0 Å². The van der Waals surface area contributed by atoms with Gasteiger partial charge >= 0.3 is 5.97 Å². The molecule has 7 heteroatoms. The van der Waals surface area contributed by atoms with E-state index in [2.05, 4.69) is 10.6 Å². The molecule has 7 nitrogen and oxygen atoms in total. The number of methoxy groups -OCH3 is 1. The molecule has 3 N–H and O–H groups in total. The monoisotopic (exact) mass is 292 g/mol. The fourth-order valence-electron chi connectivity index (χ4n) is 1.47. The van der Waals surface area contributed by atoms with E-state index in [1.165, 1.54) is 7.11 Å². The standard InChI is InChI=1S/C14H16N2O5/c1-21-9-8-15-14(20)10-4-2-3-5-11(10)16-12(17)6-7-13(18)19/h2-7H,8-9H2,1H3,(H,15,20)(H,16,17)(H,18,19)/b7-6+. The molecule has 112 valence electrons. The summed E-state index contributed by atoms with van der Waals surface area (Å²) in [6.45, 7) is 0.720. The van der Waals surface area contributed by atoms with Gasteiger partial charge in [0.2, 0.25) is 5.91 Å². The number of carboxylic acid groups (broad SMARTS) is 1. The zero-order valence-electron chi connectivity index (χ0n) is 11.5. The van der Waals surface area contributed by atoms with Crippen LogP contribution in [0.3, 0.4) is 0 Å². The molecule has 0 aliphatic rings. The van der Waals surface area contributed by atoms with Crippen LogP contribution in [-0.2, 0) is 14.3 Å². The van der Waals surface area contributed by atoms with Crippen molar-refractivity contribution in [2.45, 2.75) is 0 Å². The number of amides is 2. The molecule has 0 saturated heterocycles. The van der Waals surface area contributed by atoms with Crippen molar-refractivity contribution < 1.29 is 24.2 Å². The summed E-state index contributed by atoms with van der Waals surface area (Å²) >= 11 is 0. The van der Waals surface area contributed by atoms with Gasteiger partial charge in [-0.3, -0.25) is 9.59 Å². The van der Waals surface area contributed by atoms with Gasteiger partial charge in [-0.2, -0.15) is 0 Å². The molecular weight excluding hydrogens is 276 g/mol. The molecule has 0 saturated carbocycles. The highest BCUT2D eigenvalue weighted by Crippen LogP contribution is 2.14. The average molecular weight is 292 g/mol. The number of carbonyl (C=O) groups is 3. The van der Waals surface area contributed by atoms with Crippen LogP contribution >= 0.6 is 0 Å². The van der Waals surface area contributed by atoms with E-state index in [0.717, 1.165) is 12.2 Å². The number of hydrogen-bond donors (Lipinski definition) is 3. The molecule has 0 aromatic heterocycles. The summed E-state index contributed by atoms with van der Waals surface area (Å²) in [6, 6.07) is 6.42. The number of anilines is 1. The molecule has 0 heterocycles. The lowest BCUT2D eigenvalue weighted by Crippen LogP contribution is -2.28. The summed E-state index contributed by atoms with van der Waals surface area (Å²) in [5.74, 6) is -2.21. The lowest BCUT2D eigenvalue weighted by Gasteiger charge is -2.10. The fourth-order valence-corrected chi connectivity index (χ4v) is 1.47. The number of carboxylic acids is 1. The van der Waals surface area contributed by atoms with Gasteiger partial charge in [-0.05, 0) is 12.1 Å². The Kier molecular flexibility index (Phi) is 6.62. The summed E-state index contributed by atoms with van der Waals surface area (Å²) in [5, 5.41) is 13.5. The van der Waals surface area contributed by atoms with E-state index in [1.54, 1.807) is 24.3 Å². The van der Waals surface area contributed by atoms with Crippen LogP contribution in [0.15, 0.2) is 36.4 Å². The van der Waals surface area contributed by atoms with Crippen molar-refractivity contribution in [3.63, 3.8) is 0 Å².